The van der Waals surface area contributed by atoms with E-state index in [1.807, 2.05) is 27.7 Å². The summed E-state index contributed by atoms with van der Waals surface area (Å²) in [6, 6.07) is 2.20. The van der Waals surface area contributed by atoms with E-state index in [4.69, 9.17) is 5.26 Å². The normalized spacial score (nSPS) is 10.2. The third-order valence-electron chi connectivity index (χ3n) is 1.53. The van der Waals surface area contributed by atoms with Gasteiger partial charge in [-0.2, -0.15) is 13.8 Å². The summed E-state index contributed by atoms with van der Waals surface area (Å²) >= 11 is 0. The van der Waals surface area contributed by atoms with E-state index in [9.17, 15) is 0 Å². The van der Waals surface area contributed by atoms with Crippen molar-refractivity contribution in [1.29, 1.82) is 5.26 Å². The van der Waals surface area contributed by atoms with Crippen molar-refractivity contribution in [1.82, 2.24) is 0 Å². The summed E-state index contributed by atoms with van der Waals surface area (Å²) in [4.78, 5) is 0. The van der Waals surface area contributed by atoms with Gasteiger partial charge in [-0.15, -0.1) is 0 Å². The second-order valence-electron chi connectivity index (χ2n) is 2.74. The number of hydrogen-bond donors (Lipinski definition) is 0. The van der Waals surface area contributed by atoms with Crippen LogP contribution >= 0.6 is 0 Å². The van der Waals surface area contributed by atoms with Crippen molar-refractivity contribution >= 4 is 0 Å². The van der Waals surface area contributed by atoms with Crippen molar-refractivity contribution in [2.24, 2.45) is 5.41 Å². The first-order valence-corrected chi connectivity index (χ1v) is 2.72. The van der Waals surface area contributed by atoms with Crippen LogP contribution in [0, 0.1) is 22.7 Å². The molecule has 2 heteroatoms. The van der Waals surface area contributed by atoms with Gasteiger partial charge in [-0.05, 0) is 0 Å². The van der Waals surface area contributed by atoms with Gasteiger partial charge in [0, 0.05) is 6.07 Å². The van der Waals surface area contributed by atoms with Crippen LogP contribution in [0.1, 0.15) is 27.7 Å². The fourth-order valence-electron chi connectivity index (χ4n) is 0.112. The molecule has 0 N–H and O–H groups in total. The van der Waals surface area contributed by atoms with Crippen molar-refractivity contribution in [2.45, 2.75) is 27.7 Å². The van der Waals surface area contributed by atoms with Crippen molar-refractivity contribution in [3.63, 3.8) is 0 Å². The fourth-order valence-corrected chi connectivity index (χ4v) is 0.112. The van der Waals surface area contributed by atoms with Crippen molar-refractivity contribution in [3.8, 4) is 6.07 Å². The molecule has 0 aliphatic carbocycles. The molecular weight excluding hydrogens is 282 g/mol. The number of rotatable bonds is 1. The van der Waals surface area contributed by atoms with E-state index in [0.29, 0.717) is 0 Å². The van der Waals surface area contributed by atoms with Crippen LogP contribution in [0.15, 0.2) is 0 Å². The Labute approximate surface area is 71.7 Å². The Bertz CT molecular complexity index is 111. The van der Waals surface area contributed by atoms with Gasteiger partial charge in [-0.3, -0.25) is 0 Å². The quantitative estimate of drug-likeness (QED) is 0.680. The predicted molar refractivity (Wildman–Crippen MR) is 34.0 cm³/mol. The third-order valence-corrected chi connectivity index (χ3v) is 1.53. The summed E-state index contributed by atoms with van der Waals surface area (Å²) in [6.07, 6.45) is 0. The molecule has 50 valence electrons. The Kier molecular flexibility index (Phi) is 5.38. The molecule has 0 bridgehead atoms. The molecule has 0 aromatic heterocycles. The molecule has 0 aliphatic heterocycles. The molecule has 0 saturated carbocycles. The van der Waals surface area contributed by atoms with E-state index in [-0.39, 0.29) is 26.5 Å². The van der Waals surface area contributed by atoms with Crippen LogP contribution in [-0.4, -0.2) is 0 Å². The minimum atomic E-state index is -0.236. The standard InChI is InChI=1S/C7H12N.W/c1-6(2)7(3,4)5-8;/h1-4H3;/q-1;+2. The van der Waals surface area contributed by atoms with E-state index < -0.39 is 0 Å². The zero-order valence-electron chi connectivity index (χ0n) is 6.36. The molecule has 0 amide bonds. The Morgan fingerprint density at radius 3 is 1.67 bits per heavy atom. The zero-order chi connectivity index (χ0) is 6.78. The molecule has 0 rings (SSSR count). The Morgan fingerprint density at radius 2 is 1.67 bits per heavy atom. The van der Waals surface area contributed by atoms with Gasteiger partial charge in [0.25, 0.3) is 0 Å². The van der Waals surface area contributed by atoms with Crippen LogP contribution in [0.25, 0.3) is 0 Å². The molecule has 0 radical (unpaired) electrons. The number of hydrogen-bond acceptors (Lipinski definition) is 1. The van der Waals surface area contributed by atoms with Gasteiger partial charge in [0.2, 0.25) is 0 Å². The predicted octanol–water partition coefficient (Wildman–Crippen LogP) is 2.15. The van der Waals surface area contributed by atoms with Crippen LogP contribution < -0.4 is 0 Å². The summed E-state index contributed by atoms with van der Waals surface area (Å²) in [5.74, 6) is 1.17. The van der Waals surface area contributed by atoms with E-state index in [1.165, 1.54) is 5.92 Å². The topological polar surface area (TPSA) is 23.8 Å². The second kappa shape index (κ2) is 4.07. The van der Waals surface area contributed by atoms with Gasteiger partial charge >= 0.3 is 21.1 Å². The average Bonchev–Trinajstić information content (AvgIpc) is 1.67. The Hall–Kier alpha value is 0.178. The third kappa shape index (κ3) is 3.71. The van der Waals surface area contributed by atoms with Crippen LogP contribution in [0.2, 0.25) is 0 Å². The van der Waals surface area contributed by atoms with Gasteiger partial charge in [0.05, 0.1) is 0 Å². The summed E-state index contributed by atoms with van der Waals surface area (Å²) in [6.45, 7) is 7.79. The second-order valence-corrected chi connectivity index (χ2v) is 2.74. The smallest absolute Gasteiger partial charge is 0.300 e. The van der Waals surface area contributed by atoms with Crippen LogP contribution in [0.4, 0.5) is 0 Å². The summed E-state index contributed by atoms with van der Waals surface area (Å²) in [7, 11) is 0. The Morgan fingerprint density at radius 1 is 1.33 bits per heavy atom. The summed E-state index contributed by atoms with van der Waals surface area (Å²) in [5, 5.41) is 8.49. The van der Waals surface area contributed by atoms with Crippen LogP contribution in [0.3, 0.4) is 0 Å². The average molecular weight is 294 g/mol. The fraction of sp³-hybridized carbons (Fsp3) is 0.714. The molecule has 0 aliphatic rings. The van der Waals surface area contributed by atoms with E-state index in [1.54, 1.807) is 0 Å². The van der Waals surface area contributed by atoms with E-state index >= 15 is 0 Å². The van der Waals surface area contributed by atoms with E-state index in [2.05, 4.69) is 6.07 Å². The van der Waals surface area contributed by atoms with Crippen molar-refractivity contribution < 1.29 is 21.1 Å². The van der Waals surface area contributed by atoms with Gasteiger partial charge in [0.1, 0.15) is 0 Å². The molecule has 0 unspecified atom stereocenters. The molecule has 9 heavy (non-hydrogen) atoms. The minimum absolute atomic E-state index is 0. The zero-order valence-corrected chi connectivity index (χ0v) is 9.29. The van der Waals surface area contributed by atoms with Gasteiger partial charge in [-0.1, -0.05) is 19.3 Å². The van der Waals surface area contributed by atoms with Gasteiger partial charge in [0.15, 0.2) is 0 Å². The first-order chi connectivity index (χ1) is 3.50. The molecule has 0 saturated heterocycles. The first kappa shape index (κ1) is 11.9. The molecule has 0 fully saturated rings. The van der Waals surface area contributed by atoms with Crippen molar-refractivity contribution in [2.75, 3.05) is 0 Å². The number of nitriles is 1. The summed E-state index contributed by atoms with van der Waals surface area (Å²) < 4.78 is 0. The van der Waals surface area contributed by atoms with Crippen molar-refractivity contribution in [3.05, 3.63) is 5.92 Å². The maximum absolute atomic E-state index is 8.49. The summed E-state index contributed by atoms with van der Waals surface area (Å²) in [5.41, 5.74) is -0.236. The molecule has 1 nitrogen and oxygen atoms in total. The van der Waals surface area contributed by atoms with Gasteiger partial charge < -0.3 is 5.92 Å². The monoisotopic (exact) mass is 294 g/mol. The molecular formula is C7H12NW+. The van der Waals surface area contributed by atoms with Gasteiger partial charge in [-0.25, -0.2) is 5.26 Å². The van der Waals surface area contributed by atoms with Crippen LogP contribution in [0.5, 0.6) is 0 Å². The molecule has 0 heterocycles. The van der Waals surface area contributed by atoms with E-state index in [0.717, 1.165) is 0 Å². The molecule has 0 spiro atoms. The molecule has 0 atom stereocenters. The molecule has 0 aromatic carbocycles. The Balaban J connectivity index is 0. The maximum atomic E-state index is 8.49. The van der Waals surface area contributed by atoms with Crippen LogP contribution in [-0.2, 0) is 21.1 Å². The SMILES string of the molecule is C[C-](C)C(C)(C)C#N.[W+2]. The maximum Gasteiger partial charge on any atom is 2.00 e. The first-order valence-electron chi connectivity index (χ1n) is 2.72. The molecule has 0 aromatic rings. The number of nitrogens with zero attached hydrogens (tertiary/aromatic N) is 1. The largest absolute Gasteiger partial charge is 2.00 e. The minimum Gasteiger partial charge on any atom is -0.300 e.